The molecular formula is C7H4N2O4. The van der Waals surface area contributed by atoms with Gasteiger partial charge in [0.05, 0.1) is 11.1 Å². The third-order valence-electron chi connectivity index (χ3n) is 1.44. The van der Waals surface area contributed by atoms with E-state index in [0.717, 1.165) is 6.20 Å². The van der Waals surface area contributed by atoms with Gasteiger partial charge in [-0.15, -0.1) is 0 Å². The normalized spacial score (nSPS) is 9.15. The first-order valence-corrected chi connectivity index (χ1v) is 3.16. The number of aromatic amines is 1. The maximum absolute atomic E-state index is 10.5. The molecule has 0 amide bonds. The molecule has 0 atom stereocenters. The predicted octanol–water partition coefficient (Wildman–Crippen LogP) is 0.283. The lowest BCUT2D eigenvalue weighted by molar-refractivity contribution is 0.0688. The van der Waals surface area contributed by atoms with Crippen LogP contribution in [0.2, 0.25) is 0 Å². The summed E-state index contributed by atoms with van der Waals surface area (Å²) in [5.74, 6) is -2.69. The fourth-order valence-corrected chi connectivity index (χ4v) is 0.877. The molecule has 0 saturated carbocycles. The number of rotatable bonds is 2. The lowest BCUT2D eigenvalue weighted by Crippen LogP contribution is -2.02. The van der Waals surface area contributed by atoms with Crippen molar-refractivity contribution in [1.29, 1.82) is 5.26 Å². The number of carboxylic acids is 2. The Labute approximate surface area is 72.0 Å². The van der Waals surface area contributed by atoms with Crippen LogP contribution in [0.15, 0.2) is 6.20 Å². The molecule has 0 bridgehead atoms. The highest BCUT2D eigenvalue weighted by Gasteiger charge is 2.20. The fraction of sp³-hybridized carbons (Fsp3) is 0. The number of hydrogen-bond acceptors (Lipinski definition) is 3. The minimum Gasteiger partial charge on any atom is -0.478 e. The van der Waals surface area contributed by atoms with E-state index >= 15 is 0 Å². The third-order valence-corrected chi connectivity index (χ3v) is 1.44. The molecule has 1 heterocycles. The number of aromatic nitrogens is 1. The largest absolute Gasteiger partial charge is 0.478 e. The molecule has 0 spiro atoms. The third kappa shape index (κ3) is 1.35. The Balaban J connectivity index is 3.37. The zero-order valence-electron chi connectivity index (χ0n) is 6.24. The summed E-state index contributed by atoms with van der Waals surface area (Å²) in [6.07, 6.45) is 0.977. The van der Waals surface area contributed by atoms with Crippen molar-refractivity contribution >= 4 is 11.9 Å². The molecule has 0 unspecified atom stereocenters. The van der Waals surface area contributed by atoms with Crippen LogP contribution in [0.1, 0.15) is 26.4 Å². The van der Waals surface area contributed by atoms with Crippen LogP contribution in [0.3, 0.4) is 0 Å². The summed E-state index contributed by atoms with van der Waals surface area (Å²) in [5, 5.41) is 25.5. The molecule has 0 aliphatic rings. The average Bonchev–Trinajstić information content (AvgIpc) is 2.46. The smallest absolute Gasteiger partial charge is 0.353 e. The quantitative estimate of drug-likeness (QED) is 0.604. The minimum atomic E-state index is -1.36. The van der Waals surface area contributed by atoms with Crippen LogP contribution < -0.4 is 0 Å². The van der Waals surface area contributed by atoms with Crippen molar-refractivity contribution in [3.63, 3.8) is 0 Å². The maximum atomic E-state index is 10.5. The highest BCUT2D eigenvalue weighted by Crippen LogP contribution is 2.12. The van der Waals surface area contributed by atoms with Crippen molar-refractivity contribution in [2.24, 2.45) is 0 Å². The summed E-state index contributed by atoms with van der Waals surface area (Å²) >= 11 is 0. The van der Waals surface area contributed by atoms with E-state index in [2.05, 4.69) is 4.98 Å². The first-order chi connectivity index (χ1) is 6.07. The van der Waals surface area contributed by atoms with Crippen LogP contribution in [0.4, 0.5) is 0 Å². The Morgan fingerprint density at radius 2 is 2.00 bits per heavy atom. The van der Waals surface area contributed by atoms with E-state index in [-0.39, 0.29) is 11.1 Å². The number of nitrogens with zero attached hydrogens (tertiary/aromatic N) is 1. The summed E-state index contributed by atoms with van der Waals surface area (Å²) in [6, 6.07) is 1.51. The molecule has 6 heteroatoms. The second-order valence-electron chi connectivity index (χ2n) is 2.17. The standard InChI is InChI=1S/C7H4N2O4/c8-1-3-4(6(10)11)2-9-5(3)7(12)13/h2,9H,(H,10,11)(H,12,13). The Morgan fingerprint density at radius 3 is 2.38 bits per heavy atom. The lowest BCUT2D eigenvalue weighted by atomic mass is 10.1. The molecule has 0 aliphatic carbocycles. The van der Waals surface area contributed by atoms with Crippen LogP contribution in [-0.2, 0) is 0 Å². The van der Waals surface area contributed by atoms with E-state index in [4.69, 9.17) is 15.5 Å². The highest BCUT2D eigenvalue weighted by molar-refractivity contribution is 5.97. The summed E-state index contributed by atoms with van der Waals surface area (Å²) in [6.45, 7) is 0. The van der Waals surface area contributed by atoms with Crippen LogP contribution >= 0.6 is 0 Å². The van der Waals surface area contributed by atoms with Crippen LogP contribution in [0.25, 0.3) is 0 Å². The zero-order chi connectivity index (χ0) is 10.0. The number of hydrogen-bond donors (Lipinski definition) is 3. The number of carboxylic acid groups (broad SMARTS) is 2. The van der Waals surface area contributed by atoms with Gasteiger partial charge >= 0.3 is 11.9 Å². The zero-order valence-corrected chi connectivity index (χ0v) is 6.24. The molecule has 0 saturated heterocycles. The molecule has 1 rings (SSSR count). The van der Waals surface area contributed by atoms with Gasteiger partial charge in [-0.2, -0.15) is 5.26 Å². The second kappa shape index (κ2) is 2.98. The van der Waals surface area contributed by atoms with Crippen LogP contribution in [-0.4, -0.2) is 27.1 Å². The van der Waals surface area contributed by atoms with E-state index in [1.54, 1.807) is 0 Å². The van der Waals surface area contributed by atoms with Gasteiger partial charge in [-0.3, -0.25) is 0 Å². The molecule has 1 aromatic rings. The van der Waals surface area contributed by atoms with E-state index in [9.17, 15) is 9.59 Å². The van der Waals surface area contributed by atoms with Crippen molar-refractivity contribution in [1.82, 2.24) is 4.98 Å². The molecule has 0 fully saturated rings. The maximum Gasteiger partial charge on any atom is 0.353 e. The lowest BCUT2D eigenvalue weighted by Gasteiger charge is -1.89. The van der Waals surface area contributed by atoms with Gasteiger partial charge in [-0.1, -0.05) is 0 Å². The minimum absolute atomic E-state index is 0.333. The summed E-state index contributed by atoms with van der Waals surface area (Å²) in [5.41, 5.74) is -1.10. The first-order valence-electron chi connectivity index (χ1n) is 3.16. The van der Waals surface area contributed by atoms with Gasteiger partial charge in [-0.25, -0.2) is 9.59 Å². The average molecular weight is 180 g/mol. The van der Waals surface area contributed by atoms with Crippen molar-refractivity contribution in [2.75, 3.05) is 0 Å². The summed E-state index contributed by atoms with van der Waals surface area (Å²) in [4.78, 5) is 23.1. The predicted molar refractivity (Wildman–Crippen MR) is 39.4 cm³/mol. The molecule has 13 heavy (non-hydrogen) atoms. The van der Waals surface area contributed by atoms with Gasteiger partial charge in [0, 0.05) is 6.20 Å². The molecule has 3 N–H and O–H groups in total. The van der Waals surface area contributed by atoms with Gasteiger partial charge < -0.3 is 15.2 Å². The molecule has 0 aliphatic heterocycles. The van der Waals surface area contributed by atoms with Gasteiger partial charge in [0.15, 0.2) is 0 Å². The highest BCUT2D eigenvalue weighted by atomic mass is 16.4. The van der Waals surface area contributed by atoms with Crippen molar-refractivity contribution in [3.8, 4) is 6.07 Å². The van der Waals surface area contributed by atoms with E-state index < -0.39 is 17.6 Å². The molecule has 0 radical (unpaired) electrons. The van der Waals surface area contributed by atoms with Crippen molar-refractivity contribution in [3.05, 3.63) is 23.0 Å². The second-order valence-corrected chi connectivity index (χ2v) is 2.17. The Hall–Kier alpha value is -2.29. The van der Waals surface area contributed by atoms with Gasteiger partial charge in [0.1, 0.15) is 11.8 Å². The topological polar surface area (TPSA) is 114 Å². The summed E-state index contributed by atoms with van der Waals surface area (Å²) in [7, 11) is 0. The number of nitrogens with one attached hydrogen (secondary N) is 1. The summed E-state index contributed by atoms with van der Waals surface area (Å²) < 4.78 is 0. The van der Waals surface area contributed by atoms with Gasteiger partial charge in [0.2, 0.25) is 0 Å². The van der Waals surface area contributed by atoms with E-state index in [1.807, 2.05) is 0 Å². The molecule has 6 nitrogen and oxygen atoms in total. The molecular weight excluding hydrogens is 176 g/mol. The Morgan fingerprint density at radius 1 is 1.38 bits per heavy atom. The number of aromatic carboxylic acids is 2. The Bertz CT molecular complexity index is 381. The van der Waals surface area contributed by atoms with Crippen LogP contribution in [0.5, 0.6) is 0 Å². The monoisotopic (exact) mass is 180 g/mol. The SMILES string of the molecule is N#Cc1c(C(=O)O)c[nH]c1C(=O)O. The molecule has 0 aromatic carbocycles. The number of nitriles is 1. The number of carbonyl (C=O) groups is 2. The van der Waals surface area contributed by atoms with E-state index in [1.165, 1.54) is 6.07 Å². The fourth-order valence-electron chi connectivity index (χ4n) is 0.877. The molecule has 1 aromatic heterocycles. The number of H-pyrrole nitrogens is 1. The van der Waals surface area contributed by atoms with Crippen LogP contribution in [0, 0.1) is 11.3 Å². The first kappa shape index (κ1) is 8.80. The van der Waals surface area contributed by atoms with Crippen molar-refractivity contribution in [2.45, 2.75) is 0 Å². The Kier molecular flexibility index (Phi) is 2.02. The van der Waals surface area contributed by atoms with Gasteiger partial charge in [-0.05, 0) is 0 Å². The van der Waals surface area contributed by atoms with E-state index in [0.29, 0.717) is 0 Å². The van der Waals surface area contributed by atoms with Crippen molar-refractivity contribution < 1.29 is 19.8 Å². The molecule has 66 valence electrons. The van der Waals surface area contributed by atoms with Gasteiger partial charge in [0.25, 0.3) is 0 Å².